The first kappa shape index (κ1) is 19.8. The van der Waals surface area contributed by atoms with Gasteiger partial charge in [0.2, 0.25) is 5.91 Å². The summed E-state index contributed by atoms with van der Waals surface area (Å²) < 4.78 is 0. The van der Waals surface area contributed by atoms with Crippen LogP contribution in [0.3, 0.4) is 0 Å². The Morgan fingerprint density at radius 2 is 1.86 bits per heavy atom. The van der Waals surface area contributed by atoms with Crippen LogP contribution < -0.4 is 15.5 Å². The number of nitrogens with one attached hydrogen (secondary N) is 2. The maximum atomic E-state index is 12.4. The Bertz CT molecular complexity index is 866. The topological polar surface area (TPSA) is 64.7 Å². The van der Waals surface area contributed by atoms with E-state index in [2.05, 4.69) is 44.7 Å². The molecule has 1 fully saturated rings. The molecule has 2 aromatic carbocycles. The lowest BCUT2D eigenvalue weighted by molar-refractivity contribution is -0.113. The molecule has 0 aromatic heterocycles. The van der Waals surface area contributed by atoms with E-state index in [4.69, 9.17) is 0 Å². The van der Waals surface area contributed by atoms with Crippen LogP contribution in [-0.4, -0.2) is 61.7 Å². The Balaban J connectivity index is 1.18. The molecule has 2 aliphatic rings. The molecule has 0 spiro atoms. The first-order chi connectivity index (χ1) is 14.2. The molecule has 2 N–H and O–H groups in total. The van der Waals surface area contributed by atoms with Crippen LogP contribution in [0.5, 0.6) is 0 Å². The van der Waals surface area contributed by atoms with Gasteiger partial charge in [-0.1, -0.05) is 18.2 Å². The number of rotatable bonds is 6. The number of benzene rings is 2. The summed E-state index contributed by atoms with van der Waals surface area (Å²) in [4.78, 5) is 29.8. The smallest absolute Gasteiger partial charge is 0.251 e. The van der Waals surface area contributed by atoms with Gasteiger partial charge in [0.25, 0.3) is 5.91 Å². The van der Waals surface area contributed by atoms with Gasteiger partial charge in [-0.05, 0) is 43.3 Å². The number of fused-ring (bicyclic) bond motifs is 1. The number of hydrogen-bond acceptors (Lipinski definition) is 5. The van der Waals surface area contributed by atoms with Crippen molar-refractivity contribution in [2.45, 2.75) is 11.3 Å². The zero-order chi connectivity index (χ0) is 20.1. The molecule has 152 valence electrons. The minimum Gasteiger partial charge on any atom is -0.369 e. The summed E-state index contributed by atoms with van der Waals surface area (Å²) in [6, 6.07) is 16.0. The highest BCUT2D eigenvalue weighted by atomic mass is 32.2. The van der Waals surface area contributed by atoms with Crippen LogP contribution in [0.25, 0.3) is 0 Å². The number of nitrogens with zero attached hydrogens (tertiary/aromatic N) is 2. The summed E-state index contributed by atoms with van der Waals surface area (Å²) in [6.07, 6.45) is 0.925. The molecular weight excluding hydrogens is 384 g/mol. The van der Waals surface area contributed by atoms with Crippen LogP contribution in [0, 0.1) is 0 Å². The van der Waals surface area contributed by atoms with Crippen molar-refractivity contribution < 1.29 is 9.59 Å². The summed E-state index contributed by atoms with van der Waals surface area (Å²) in [6.45, 7) is 5.80. The lowest BCUT2D eigenvalue weighted by atomic mass is 10.1. The molecule has 1 saturated heterocycles. The van der Waals surface area contributed by atoms with E-state index in [0.29, 0.717) is 17.9 Å². The van der Waals surface area contributed by atoms with Gasteiger partial charge in [-0.2, -0.15) is 0 Å². The van der Waals surface area contributed by atoms with E-state index in [1.165, 1.54) is 17.4 Å². The fourth-order valence-corrected chi connectivity index (χ4v) is 4.49. The van der Waals surface area contributed by atoms with Gasteiger partial charge in [-0.15, -0.1) is 11.8 Å². The van der Waals surface area contributed by atoms with Crippen LogP contribution in [-0.2, 0) is 4.79 Å². The molecule has 2 aliphatic heterocycles. The first-order valence-corrected chi connectivity index (χ1v) is 11.0. The van der Waals surface area contributed by atoms with Crippen molar-refractivity contribution in [1.82, 2.24) is 10.2 Å². The Morgan fingerprint density at radius 1 is 1.07 bits per heavy atom. The Kier molecular flexibility index (Phi) is 6.36. The maximum Gasteiger partial charge on any atom is 0.251 e. The molecule has 0 radical (unpaired) electrons. The first-order valence-electron chi connectivity index (χ1n) is 10.1. The molecule has 29 heavy (non-hydrogen) atoms. The van der Waals surface area contributed by atoms with E-state index in [1.807, 2.05) is 18.2 Å². The van der Waals surface area contributed by atoms with Gasteiger partial charge < -0.3 is 15.5 Å². The lowest BCUT2D eigenvalue weighted by Gasteiger charge is -2.36. The monoisotopic (exact) mass is 410 g/mol. The standard InChI is InChI=1S/C22H26N4O2S/c27-21-16-29-20-8-7-17(15-19(20)24-21)22(28)23-9-4-10-25-11-13-26(14-12-25)18-5-2-1-3-6-18/h1-3,5-8,15H,4,9-14,16H2,(H,23,28)(H,24,27). The van der Waals surface area contributed by atoms with Crippen molar-refractivity contribution in [1.29, 1.82) is 0 Å². The summed E-state index contributed by atoms with van der Waals surface area (Å²) >= 11 is 1.50. The maximum absolute atomic E-state index is 12.4. The summed E-state index contributed by atoms with van der Waals surface area (Å²) in [5, 5.41) is 5.83. The highest BCUT2D eigenvalue weighted by Gasteiger charge is 2.18. The second-order valence-electron chi connectivity index (χ2n) is 7.32. The van der Waals surface area contributed by atoms with Gasteiger partial charge >= 0.3 is 0 Å². The number of piperazine rings is 1. The predicted octanol–water partition coefficient (Wildman–Crippen LogP) is 2.67. The predicted molar refractivity (Wildman–Crippen MR) is 118 cm³/mol. The van der Waals surface area contributed by atoms with E-state index in [1.54, 1.807) is 6.07 Å². The van der Waals surface area contributed by atoms with Gasteiger partial charge in [0.15, 0.2) is 0 Å². The van der Waals surface area contributed by atoms with Crippen molar-refractivity contribution >= 4 is 35.0 Å². The molecule has 0 bridgehead atoms. The number of para-hydroxylation sites is 1. The summed E-state index contributed by atoms with van der Waals surface area (Å²) in [5.41, 5.74) is 2.61. The number of anilines is 2. The molecule has 0 atom stereocenters. The van der Waals surface area contributed by atoms with Gasteiger partial charge in [-0.25, -0.2) is 0 Å². The molecule has 2 aromatic rings. The molecule has 4 rings (SSSR count). The number of carbonyl (C=O) groups excluding carboxylic acids is 2. The van der Waals surface area contributed by atoms with E-state index in [0.717, 1.165) is 49.7 Å². The van der Waals surface area contributed by atoms with Crippen molar-refractivity contribution in [3.8, 4) is 0 Å². The van der Waals surface area contributed by atoms with Crippen molar-refractivity contribution in [3.63, 3.8) is 0 Å². The molecule has 0 aliphatic carbocycles. The second kappa shape index (κ2) is 9.33. The molecule has 2 heterocycles. The highest BCUT2D eigenvalue weighted by Crippen LogP contribution is 2.31. The molecule has 0 unspecified atom stereocenters. The molecule has 7 heteroatoms. The Morgan fingerprint density at radius 3 is 2.66 bits per heavy atom. The summed E-state index contributed by atoms with van der Waals surface area (Å²) in [5.74, 6) is 0.317. The summed E-state index contributed by atoms with van der Waals surface area (Å²) in [7, 11) is 0. The van der Waals surface area contributed by atoms with E-state index in [9.17, 15) is 9.59 Å². The van der Waals surface area contributed by atoms with Gasteiger partial charge in [0.1, 0.15) is 0 Å². The van der Waals surface area contributed by atoms with Crippen LogP contribution in [0.1, 0.15) is 16.8 Å². The largest absolute Gasteiger partial charge is 0.369 e. The average molecular weight is 411 g/mol. The number of thioether (sulfide) groups is 1. The van der Waals surface area contributed by atoms with Gasteiger partial charge in [0.05, 0.1) is 11.4 Å². The zero-order valence-corrected chi connectivity index (χ0v) is 17.2. The molecule has 6 nitrogen and oxygen atoms in total. The lowest BCUT2D eigenvalue weighted by Crippen LogP contribution is -2.47. The quantitative estimate of drug-likeness (QED) is 0.717. The third-order valence-electron chi connectivity index (χ3n) is 5.30. The fraction of sp³-hybridized carbons (Fsp3) is 0.364. The fourth-order valence-electron chi connectivity index (χ4n) is 3.70. The molecule has 2 amide bonds. The van der Waals surface area contributed by atoms with Crippen molar-refractivity contribution in [3.05, 3.63) is 54.1 Å². The van der Waals surface area contributed by atoms with Crippen LogP contribution in [0.4, 0.5) is 11.4 Å². The third-order valence-corrected chi connectivity index (χ3v) is 6.38. The molecular formula is C22H26N4O2S. The highest BCUT2D eigenvalue weighted by molar-refractivity contribution is 8.00. The van der Waals surface area contributed by atoms with E-state index < -0.39 is 0 Å². The second-order valence-corrected chi connectivity index (χ2v) is 8.34. The van der Waals surface area contributed by atoms with Gasteiger partial charge in [0, 0.05) is 48.9 Å². The Labute approximate surface area is 175 Å². The van der Waals surface area contributed by atoms with E-state index in [-0.39, 0.29) is 11.8 Å². The van der Waals surface area contributed by atoms with Crippen LogP contribution >= 0.6 is 11.8 Å². The van der Waals surface area contributed by atoms with E-state index >= 15 is 0 Å². The third kappa shape index (κ3) is 5.10. The average Bonchev–Trinajstić information content (AvgIpc) is 2.77. The SMILES string of the molecule is O=C1CSc2ccc(C(=O)NCCCN3CCN(c4ccccc4)CC3)cc2N1. The van der Waals surface area contributed by atoms with Crippen molar-refractivity contribution in [2.75, 3.05) is 55.2 Å². The number of hydrogen-bond donors (Lipinski definition) is 2. The molecule has 0 saturated carbocycles. The van der Waals surface area contributed by atoms with Gasteiger partial charge in [-0.3, -0.25) is 14.5 Å². The zero-order valence-electron chi connectivity index (χ0n) is 16.4. The van der Waals surface area contributed by atoms with Crippen LogP contribution in [0.2, 0.25) is 0 Å². The Hall–Kier alpha value is -2.51. The number of carbonyl (C=O) groups is 2. The van der Waals surface area contributed by atoms with Crippen molar-refractivity contribution in [2.24, 2.45) is 0 Å². The number of amides is 2. The minimum atomic E-state index is -0.0912. The normalized spacial score (nSPS) is 16.8. The van der Waals surface area contributed by atoms with Crippen LogP contribution in [0.15, 0.2) is 53.4 Å². The minimum absolute atomic E-state index is 0.0209.